The molecule has 0 aliphatic carbocycles. The number of H-pyrrole nitrogens is 1. The molecule has 4 N–H and O–H groups in total. The second kappa shape index (κ2) is 11.4. The second-order valence-electron chi connectivity index (χ2n) is 10.6. The van der Waals surface area contributed by atoms with E-state index in [1.54, 1.807) is 24.9 Å². The number of anilines is 1. The number of halogens is 2. The first-order chi connectivity index (χ1) is 21.2. The number of aromatic amines is 1. The molecule has 2 amide bonds. The maximum Gasteiger partial charge on any atom is 0.320 e. The van der Waals surface area contributed by atoms with Crippen LogP contribution in [0.5, 0.6) is 11.6 Å². The van der Waals surface area contributed by atoms with E-state index in [1.165, 1.54) is 34.1 Å². The van der Waals surface area contributed by atoms with Gasteiger partial charge in [-0.3, -0.25) is 4.79 Å². The van der Waals surface area contributed by atoms with Gasteiger partial charge in [-0.05, 0) is 54.3 Å². The molecule has 4 heterocycles. The van der Waals surface area contributed by atoms with Crippen molar-refractivity contribution < 1.29 is 28.2 Å². The van der Waals surface area contributed by atoms with Crippen LogP contribution in [-0.2, 0) is 13.0 Å². The third-order valence-electron chi connectivity index (χ3n) is 7.75. The number of ether oxygens (including phenoxy) is 1. The molecule has 0 saturated heterocycles. The third-order valence-corrected chi connectivity index (χ3v) is 7.75. The fourth-order valence-corrected chi connectivity index (χ4v) is 5.38. The van der Waals surface area contributed by atoms with Crippen LogP contribution in [0.25, 0.3) is 16.6 Å². The van der Waals surface area contributed by atoms with Crippen molar-refractivity contribution in [3.63, 3.8) is 0 Å². The normalized spacial score (nSPS) is 12.8. The molecule has 13 heteroatoms. The summed E-state index contributed by atoms with van der Waals surface area (Å²) in [5, 5.41) is 14.4. The third kappa shape index (κ3) is 5.11. The fraction of sp³-hybridized carbons (Fsp3) is 0.226. The number of aliphatic hydroxyl groups excluding tert-OH is 1. The van der Waals surface area contributed by atoms with Gasteiger partial charge in [0.1, 0.15) is 5.82 Å². The van der Waals surface area contributed by atoms with Crippen LogP contribution >= 0.6 is 0 Å². The summed E-state index contributed by atoms with van der Waals surface area (Å²) in [7, 11) is 1.65. The molecule has 0 fully saturated rings. The molecule has 6 rings (SSSR count). The first-order valence-electron chi connectivity index (χ1n) is 13.9. The number of aryl methyl sites for hydroxylation is 1. The number of carbonyl (C=O) groups excluding carboxylic acids is 2. The Bertz CT molecular complexity index is 1900. The Labute approximate surface area is 250 Å². The summed E-state index contributed by atoms with van der Waals surface area (Å²) in [5.41, 5.74) is 10.7. The zero-order chi connectivity index (χ0) is 31.1. The van der Waals surface area contributed by atoms with E-state index in [0.29, 0.717) is 36.5 Å². The van der Waals surface area contributed by atoms with E-state index in [-0.39, 0.29) is 42.2 Å². The van der Waals surface area contributed by atoms with Crippen LogP contribution in [0.3, 0.4) is 0 Å². The van der Waals surface area contributed by atoms with Gasteiger partial charge >= 0.3 is 6.03 Å². The molecule has 0 bridgehead atoms. The number of aromatic nitrogens is 4. The number of benzene rings is 2. The maximum atomic E-state index is 14.0. The Hall–Kier alpha value is -5.30. The molecule has 0 saturated carbocycles. The number of nitrogens with zero attached hydrogens (tertiary/aromatic N) is 5. The van der Waals surface area contributed by atoms with Gasteiger partial charge in [-0.1, -0.05) is 12.1 Å². The highest BCUT2D eigenvalue weighted by Crippen LogP contribution is 2.32. The Kier molecular flexibility index (Phi) is 7.47. The highest BCUT2D eigenvalue weighted by Gasteiger charge is 2.27. The Morgan fingerprint density at radius 2 is 1.93 bits per heavy atom. The van der Waals surface area contributed by atoms with Crippen LogP contribution in [0, 0.1) is 18.6 Å². The molecule has 0 atom stereocenters. The molecule has 3 aromatic heterocycles. The van der Waals surface area contributed by atoms with Gasteiger partial charge in [0.05, 0.1) is 35.9 Å². The number of amides is 2. The lowest BCUT2D eigenvalue weighted by molar-refractivity contribution is 0.103. The van der Waals surface area contributed by atoms with Gasteiger partial charge in [0.2, 0.25) is 17.4 Å². The van der Waals surface area contributed by atoms with E-state index in [0.717, 1.165) is 34.2 Å². The lowest BCUT2D eigenvalue weighted by Crippen LogP contribution is -2.44. The quantitative estimate of drug-likeness (QED) is 0.236. The van der Waals surface area contributed by atoms with Crippen LogP contribution in [0.1, 0.15) is 32.7 Å². The minimum atomic E-state index is -0.859. The lowest BCUT2D eigenvalue weighted by atomic mass is 9.96. The molecular weight excluding hydrogens is 572 g/mol. The van der Waals surface area contributed by atoms with Crippen molar-refractivity contribution in [2.24, 2.45) is 0 Å². The Morgan fingerprint density at radius 3 is 2.66 bits per heavy atom. The first-order valence-corrected chi connectivity index (χ1v) is 13.9. The van der Waals surface area contributed by atoms with Gasteiger partial charge < -0.3 is 30.4 Å². The number of likely N-dealkylation sites (N-methyl/N-ethyl adjacent to an activating group) is 1. The zero-order valence-electron chi connectivity index (χ0n) is 24.0. The first kappa shape index (κ1) is 28.8. The fourth-order valence-electron chi connectivity index (χ4n) is 5.38. The van der Waals surface area contributed by atoms with E-state index in [1.807, 2.05) is 12.1 Å². The van der Waals surface area contributed by atoms with Crippen molar-refractivity contribution >= 4 is 28.5 Å². The van der Waals surface area contributed by atoms with E-state index in [2.05, 4.69) is 15.1 Å². The minimum Gasteiger partial charge on any atom is -0.433 e. The number of rotatable bonds is 7. The number of carbonyl (C=O) groups is 2. The van der Waals surface area contributed by atoms with Crippen molar-refractivity contribution in [1.29, 1.82) is 0 Å². The van der Waals surface area contributed by atoms with Crippen LogP contribution in [0.2, 0.25) is 0 Å². The molecule has 11 nitrogen and oxygen atoms in total. The number of hydrogen-bond donors (Lipinski definition) is 3. The molecule has 226 valence electrons. The number of nitrogens with one attached hydrogen (secondary N) is 1. The van der Waals surface area contributed by atoms with Crippen LogP contribution in [-0.4, -0.2) is 73.2 Å². The van der Waals surface area contributed by atoms with E-state index in [4.69, 9.17) is 10.5 Å². The second-order valence-corrected chi connectivity index (χ2v) is 10.6. The zero-order valence-corrected chi connectivity index (χ0v) is 24.0. The summed E-state index contributed by atoms with van der Waals surface area (Å²) in [5.74, 6) is -2.60. The standard InChI is InChI=1S/C31H29F2N7O4/c1-17-12-27(44-29-22(32)4-3-5-23(29)33)35-15-26(17)40-30(34)20(14-36-40)28(42)25-13-19-21-16-39(31(43)38(2)10-11-41)9-8-18(21)6-7-24(19)37-25/h3-7,12-15,37,41H,8-11,16,34H2,1-2H3. The highest BCUT2D eigenvalue weighted by atomic mass is 19.1. The number of fused-ring (bicyclic) bond motifs is 3. The molecule has 1 aliphatic rings. The molecule has 1 aliphatic heterocycles. The van der Waals surface area contributed by atoms with Gasteiger partial charge in [0, 0.05) is 43.7 Å². The van der Waals surface area contributed by atoms with Crippen molar-refractivity contribution in [2.45, 2.75) is 19.9 Å². The van der Waals surface area contributed by atoms with Crippen LogP contribution < -0.4 is 10.5 Å². The smallest absolute Gasteiger partial charge is 0.320 e. The van der Waals surface area contributed by atoms with Crippen molar-refractivity contribution in [1.82, 2.24) is 29.5 Å². The molecule has 2 aromatic carbocycles. The monoisotopic (exact) mass is 601 g/mol. The molecule has 0 unspecified atom stereocenters. The molecule has 5 aromatic rings. The van der Waals surface area contributed by atoms with Gasteiger partial charge in [-0.15, -0.1) is 0 Å². The van der Waals surface area contributed by atoms with Crippen LogP contribution in [0.15, 0.2) is 54.9 Å². The lowest BCUT2D eigenvalue weighted by Gasteiger charge is -2.32. The summed E-state index contributed by atoms with van der Waals surface area (Å²) in [4.78, 5) is 37.0. The van der Waals surface area contributed by atoms with Crippen molar-refractivity contribution in [2.75, 3.05) is 32.5 Å². The summed E-state index contributed by atoms with van der Waals surface area (Å²) in [6, 6.07) is 10.4. The Balaban J connectivity index is 1.26. The molecule has 44 heavy (non-hydrogen) atoms. The summed E-state index contributed by atoms with van der Waals surface area (Å²) < 4.78 is 34.7. The molecule has 0 radical (unpaired) electrons. The minimum absolute atomic E-state index is 0.0287. The van der Waals surface area contributed by atoms with E-state index < -0.39 is 17.4 Å². The predicted octanol–water partition coefficient (Wildman–Crippen LogP) is 4.34. The predicted molar refractivity (Wildman–Crippen MR) is 158 cm³/mol. The van der Waals surface area contributed by atoms with Crippen LogP contribution in [0.4, 0.5) is 19.4 Å². The molecular formula is C31H29F2N7O4. The number of pyridine rings is 1. The average Bonchev–Trinajstić information content (AvgIpc) is 3.62. The van der Waals surface area contributed by atoms with E-state index in [9.17, 15) is 23.5 Å². The molecule has 0 spiro atoms. The summed E-state index contributed by atoms with van der Waals surface area (Å²) in [6.07, 6.45) is 3.43. The highest BCUT2D eigenvalue weighted by molar-refractivity contribution is 6.12. The topological polar surface area (TPSA) is 143 Å². The number of aliphatic hydroxyl groups is 1. The van der Waals surface area contributed by atoms with Crippen molar-refractivity contribution in [3.05, 3.63) is 94.4 Å². The van der Waals surface area contributed by atoms with Crippen molar-refractivity contribution in [3.8, 4) is 17.3 Å². The number of nitrogens with two attached hydrogens (primary N) is 1. The number of urea groups is 1. The number of para-hydroxylation sites is 1. The largest absolute Gasteiger partial charge is 0.433 e. The number of ketones is 1. The van der Waals surface area contributed by atoms with Gasteiger partial charge in [-0.25, -0.2) is 23.2 Å². The van der Waals surface area contributed by atoms with Gasteiger partial charge in [0.25, 0.3) is 0 Å². The SMILES string of the molecule is Cc1cc(Oc2c(F)cccc2F)ncc1-n1ncc(C(=O)c2cc3c4c(ccc3[nH]2)CCN(C(=O)N(C)CCO)C4)c1N. The maximum absolute atomic E-state index is 14.0. The summed E-state index contributed by atoms with van der Waals surface area (Å²) >= 11 is 0. The number of nitrogen functional groups attached to an aromatic ring is 1. The summed E-state index contributed by atoms with van der Waals surface area (Å²) in [6.45, 7) is 2.78. The van der Waals surface area contributed by atoms with Gasteiger partial charge in [-0.2, -0.15) is 5.10 Å². The average molecular weight is 602 g/mol. The Morgan fingerprint density at radius 1 is 1.16 bits per heavy atom. The van der Waals surface area contributed by atoms with Gasteiger partial charge in [0.15, 0.2) is 11.6 Å². The van der Waals surface area contributed by atoms with E-state index >= 15 is 0 Å². The number of hydrogen-bond acceptors (Lipinski definition) is 7.